The fraction of sp³-hybridized carbons (Fsp3) is 0.158. The van der Waals surface area contributed by atoms with Gasteiger partial charge < -0.3 is 0 Å². The standard InChI is InChI=1S/C14H14N5O2.C5H5.Fe/c1-10-6-18(14(21)15-13(10)20)8-12-9-19(17-16-12)7-11-4-2-3-5-11;1-2-4-5-3-1;/h2-6,9H,7-8H2,1H3,(H,15,20,21);1-5H;/q;;+2. The van der Waals surface area contributed by atoms with E-state index in [0.29, 0.717) is 17.8 Å². The van der Waals surface area contributed by atoms with Gasteiger partial charge in [-0.05, 0) is 64.7 Å². The Kier molecular flexibility index (Phi) is 8.51. The van der Waals surface area contributed by atoms with E-state index in [9.17, 15) is 9.59 Å². The van der Waals surface area contributed by atoms with Crippen LogP contribution in [0, 0.1) is 70.6 Å². The van der Waals surface area contributed by atoms with Gasteiger partial charge in [0.2, 0.25) is 0 Å². The summed E-state index contributed by atoms with van der Waals surface area (Å²) in [7, 11) is 0. The van der Waals surface area contributed by atoms with Crippen LogP contribution in [0.5, 0.6) is 0 Å². The molecule has 0 amide bonds. The predicted molar refractivity (Wildman–Crippen MR) is 97.1 cm³/mol. The number of hydrogen-bond acceptors (Lipinski definition) is 4. The number of aromatic amines is 1. The van der Waals surface area contributed by atoms with Gasteiger partial charge in [-0.1, -0.05) is 5.21 Å². The second kappa shape index (κ2) is 10.6. The third-order valence-corrected chi connectivity index (χ3v) is 3.74. The van der Waals surface area contributed by atoms with Gasteiger partial charge in [0.05, 0.1) is 12.7 Å². The maximum Gasteiger partial charge on any atom is 2.00 e. The number of aryl methyl sites for hydroxylation is 1. The number of hydrogen-bond donors (Lipinski definition) is 1. The quantitative estimate of drug-likeness (QED) is 0.767. The molecule has 2 saturated carbocycles. The van der Waals surface area contributed by atoms with Crippen molar-refractivity contribution in [1.29, 1.82) is 0 Å². The average molecular weight is 405 g/mol. The Labute approximate surface area is 170 Å². The Bertz CT molecular complexity index is 808. The zero-order valence-electron chi connectivity index (χ0n) is 14.7. The predicted octanol–water partition coefficient (Wildman–Crippen LogP) is 0.909. The molecule has 138 valence electrons. The Morgan fingerprint density at radius 2 is 1.56 bits per heavy atom. The summed E-state index contributed by atoms with van der Waals surface area (Å²) in [6, 6.07) is 0. The van der Waals surface area contributed by atoms with Crippen LogP contribution >= 0.6 is 0 Å². The molecular formula is C19H19FeN5O2+2. The Morgan fingerprint density at radius 1 is 0.926 bits per heavy atom. The van der Waals surface area contributed by atoms with Crippen molar-refractivity contribution >= 4 is 0 Å². The van der Waals surface area contributed by atoms with Gasteiger partial charge in [-0.25, -0.2) is 4.79 Å². The van der Waals surface area contributed by atoms with Crippen molar-refractivity contribution < 1.29 is 17.1 Å². The van der Waals surface area contributed by atoms with E-state index in [4.69, 9.17) is 0 Å². The first-order valence-corrected chi connectivity index (χ1v) is 8.18. The summed E-state index contributed by atoms with van der Waals surface area (Å²) in [4.78, 5) is 25.3. The molecule has 0 aliphatic heterocycles. The van der Waals surface area contributed by atoms with Crippen LogP contribution in [0.2, 0.25) is 0 Å². The monoisotopic (exact) mass is 405 g/mol. The summed E-state index contributed by atoms with van der Waals surface area (Å²) in [5, 5.41) is 8.08. The molecule has 0 aromatic carbocycles. The van der Waals surface area contributed by atoms with Gasteiger partial charge in [-0.2, -0.15) is 0 Å². The van der Waals surface area contributed by atoms with Crippen molar-refractivity contribution in [2.24, 2.45) is 0 Å². The first-order chi connectivity index (χ1) is 12.6. The SMILES string of the molecule is Cc1cn(Cc2cn(C[C]3[CH][CH][CH][CH]3)nn2)c(=O)[nH]c1=O.[CH]1[CH][CH][CH][CH]1.[Fe+2]. The van der Waals surface area contributed by atoms with Crippen LogP contribution in [0.15, 0.2) is 22.0 Å². The van der Waals surface area contributed by atoms with Crippen LogP contribution in [0.1, 0.15) is 11.3 Å². The minimum atomic E-state index is -0.448. The summed E-state index contributed by atoms with van der Waals surface area (Å²) < 4.78 is 3.13. The zero-order valence-corrected chi connectivity index (χ0v) is 15.8. The molecule has 0 unspecified atom stereocenters. The molecule has 2 heterocycles. The molecule has 0 saturated heterocycles. The number of nitrogens with zero attached hydrogens (tertiary/aromatic N) is 4. The topological polar surface area (TPSA) is 85.6 Å². The van der Waals surface area contributed by atoms with Gasteiger partial charge in [-0.15, -0.1) is 5.10 Å². The normalized spacial score (nSPS) is 16.6. The van der Waals surface area contributed by atoms with E-state index in [2.05, 4.69) is 15.3 Å². The molecule has 1 N–H and O–H groups in total. The third kappa shape index (κ3) is 6.47. The van der Waals surface area contributed by atoms with Crippen molar-refractivity contribution in [1.82, 2.24) is 24.5 Å². The summed E-state index contributed by atoms with van der Waals surface area (Å²) in [5.74, 6) is 1.14. The Balaban J connectivity index is 0.000000379. The van der Waals surface area contributed by atoms with Gasteiger partial charge in [0.15, 0.2) is 0 Å². The van der Waals surface area contributed by atoms with Crippen LogP contribution in [-0.2, 0) is 30.2 Å². The largest absolute Gasteiger partial charge is 2.00 e. The van der Waals surface area contributed by atoms with Crippen LogP contribution < -0.4 is 11.2 Å². The molecule has 8 heteroatoms. The van der Waals surface area contributed by atoms with Gasteiger partial charge in [-0.3, -0.25) is 19.0 Å². The van der Waals surface area contributed by atoms with Crippen molar-refractivity contribution in [2.45, 2.75) is 20.0 Å². The molecule has 7 nitrogen and oxygen atoms in total. The number of nitrogens with one attached hydrogen (secondary N) is 1. The van der Waals surface area contributed by atoms with Crippen LogP contribution in [0.4, 0.5) is 0 Å². The van der Waals surface area contributed by atoms with Gasteiger partial charge in [0.1, 0.15) is 5.69 Å². The zero-order chi connectivity index (χ0) is 18.4. The van der Waals surface area contributed by atoms with Crippen molar-refractivity contribution in [2.75, 3.05) is 0 Å². The molecule has 2 aliphatic rings. The summed E-state index contributed by atoms with van der Waals surface area (Å²) in [5.41, 5.74) is 0.334. The molecule has 2 aliphatic carbocycles. The van der Waals surface area contributed by atoms with E-state index in [1.807, 2.05) is 57.8 Å². The molecule has 2 fully saturated rings. The minimum Gasteiger partial charge on any atom is -0.294 e. The van der Waals surface area contributed by atoms with E-state index >= 15 is 0 Å². The molecular weight excluding hydrogens is 386 g/mol. The molecule has 2 aromatic rings. The molecule has 0 bridgehead atoms. The summed E-state index contributed by atoms with van der Waals surface area (Å²) in [6.07, 6.45) is 21.3. The third-order valence-electron chi connectivity index (χ3n) is 3.74. The molecule has 0 atom stereocenters. The first kappa shape index (κ1) is 21.6. The fourth-order valence-electron chi connectivity index (χ4n) is 2.43. The Hall–Kier alpha value is -1.66. The molecule has 4 rings (SSSR count). The van der Waals surface area contributed by atoms with Crippen LogP contribution in [0.3, 0.4) is 0 Å². The van der Waals surface area contributed by atoms with Crippen LogP contribution in [-0.4, -0.2) is 24.5 Å². The number of rotatable bonds is 4. The second-order valence-electron chi connectivity index (χ2n) is 5.86. The smallest absolute Gasteiger partial charge is 0.294 e. The van der Waals surface area contributed by atoms with Crippen molar-refractivity contribution in [3.63, 3.8) is 0 Å². The molecule has 10 radical (unpaired) electrons. The molecule has 27 heavy (non-hydrogen) atoms. The van der Waals surface area contributed by atoms with Gasteiger partial charge in [0, 0.05) is 24.2 Å². The van der Waals surface area contributed by atoms with E-state index in [-0.39, 0.29) is 29.2 Å². The van der Waals surface area contributed by atoms with Crippen molar-refractivity contribution in [3.05, 3.63) is 108 Å². The Morgan fingerprint density at radius 3 is 2.19 bits per heavy atom. The van der Waals surface area contributed by atoms with Crippen LogP contribution in [0.25, 0.3) is 0 Å². The minimum absolute atomic E-state index is 0. The van der Waals surface area contributed by atoms with Gasteiger partial charge >= 0.3 is 22.8 Å². The summed E-state index contributed by atoms with van der Waals surface area (Å²) in [6.45, 7) is 2.57. The van der Waals surface area contributed by atoms with Gasteiger partial charge in [0.25, 0.3) is 5.56 Å². The van der Waals surface area contributed by atoms with E-state index in [1.165, 1.54) is 10.8 Å². The van der Waals surface area contributed by atoms with Crippen molar-refractivity contribution in [3.8, 4) is 0 Å². The maximum atomic E-state index is 11.7. The first-order valence-electron chi connectivity index (χ1n) is 8.18. The molecule has 0 spiro atoms. The van der Waals surface area contributed by atoms with E-state index < -0.39 is 5.69 Å². The maximum absolute atomic E-state index is 11.7. The number of H-pyrrole nitrogens is 1. The van der Waals surface area contributed by atoms with E-state index in [1.54, 1.807) is 17.8 Å². The summed E-state index contributed by atoms with van der Waals surface area (Å²) >= 11 is 0. The number of aromatic nitrogens is 5. The van der Waals surface area contributed by atoms with E-state index in [0.717, 1.165) is 5.92 Å². The average Bonchev–Trinajstić information content (AvgIpc) is 3.38. The second-order valence-corrected chi connectivity index (χ2v) is 5.86. The molecule has 2 aromatic heterocycles. The fourth-order valence-corrected chi connectivity index (χ4v) is 2.43.